The standard InChI is InChI=1S/C17H18N2O2/c1-20-12-7-8-13-15(9-12)21-17(19)14(10-18)16(13)11-5-3-2-4-6-11/h2-3,7-9,11,16H,4-6,19H2,1H3. The Bertz CT molecular complexity index is 655. The van der Waals surface area contributed by atoms with Gasteiger partial charge in [0, 0.05) is 17.5 Å². The summed E-state index contributed by atoms with van der Waals surface area (Å²) < 4.78 is 10.9. The summed E-state index contributed by atoms with van der Waals surface area (Å²) in [4.78, 5) is 0. The molecule has 0 amide bonds. The molecule has 108 valence electrons. The molecule has 0 aromatic heterocycles. The lowest BCUT2D eigenvalue weighted by Gasteiger charge is -2.33. The van der Waals surface area contributed by atoms with Crippen LogP contribution in [0.15, 0.2) is 41.8 Å². The molecule has 4 nitrogen and oxygen atoms in total. The van der Waals surface area contributed by atoms with Crippen LogP contribution in [0.3, 0.4) is 0 Å². The smallest absolute Gasteiger partial charge is 0.205 e. The minimum atomic E-state index is 0.00889. The third-order valence-corrected chi connectivity index (χ3v) is 4.25. The van der Waals surface area contributed by atoms with Crippen LogP contribution in [0.2, 0.25) is 0 Å². The lowest BCUT2D eigenvalue weighted by molar-refractivity contribution is 0.343. The zero-order chi connectivity index (χ0) is 14.8. The third kappa shape index (κ3) is 2.36. The van der Waals surface area contributed by atoms with Gasteiger partial charge in [-0.1, -0.05) is 18.2 Å². The van der Waals surface area contributed by atoms with Crippen molar-refractivity contribution >= 4 is 0 Å². The summed E-state index contributed by atoms with van der Waals surface area (Å²) in [5.41, 5.74) is 7.55. The minimum Gasteiger partial charge on any atom is -0.497 e. The van der Waals surface area contributed by atoms with Crippen molar-refractivity contribution in [2.24, 2.45) is 11.7 Å². The van der Waals surface area contributed by atoms with Gasteiger partial charge in [-0.15, -0.1) is 0 Å². The first-order valence-electron chi connectivity index (χ1n) is 7.15. The molecule has 0 radical (unpaired) electrons. The third-order valence-electron chi connectivity index (χ3n) is 4.25. The van der Waals surface area contributed by atoms with Crippen molar-refractivity contribution < 1.29 is 9.47 Å². The zero-order valence-electron chi connectivity index (χ0n) is 12.0. The number of ether oxygens (including phenoxy) is 2. The highest BCUT2D eigenvalue weighted by Crippen LogP contribution is 2.46. The molecule has 0 spiro atoms. The number of fused-ring (bicyclic) bond motifs is 1. The lowest BCUT2D eigenvalue weighted by Crippen LogP contribution is -2.25. The first-order chi connectivity index (χ1) is 10.2. The average Bonchev–Trinajstić information content (AvgIpc) is 2.53. The van der Waals surface area contributed by atoms with E-state index in [1.807, 2.05) is 18.2 Å². The molecule has 3 rings (SSSR count). The van der Waals surface area contributed by atoms with Gasteiger partial charge in [0.05, 0.1) is 12.7 Å². The molecule has 2 aliphatic rings. The first kappa shape index (κ1) is 13.6. The van der Waals surface area contributed by atoms with Gasteiger partial charge in [0.15, 0.2) is 0 Å². The number of hydrogen-bond acceptors (Lipinski definition) is 4. The van der Waals surface area contributed by atoms with E-state index in [1.54, 1.807) is 7.11 Å². The van der Waals surface area contributed by atoms with Crippen LogP contribution in [0, 0.1) is 17.2 Å². The summed E-state index contributed by atoms with van der Waals surface area (Å²) in [7, 11) is 1.62. The number of rotatable bonds is 2. The second-order valence-electron chi connectivity index (χ2n) is 5.42. The van der Waals surface area contributed by atoms with E-state index < -0.39 is 0 Å². The van der Waals surface area contributed by atoms with E-state index in [-0.39, 0.29) is 11.8 Å². The van der Waals surface area contributed by atoms with Gasteiger partial charge in [-0.25, -0.2) is 0 Å². The molecular weight excluding hydrogens is 264 g/mol. The van der Waals surface area contributed by atoms with Crippen LogP contribution in [-0.4, -0.2) is 7.11 Å². The second-order valence-corrected chi connectivity index (χ2v) is 5.42. The number of benzene rings is 1. The first-order valence-corrected chi connectivity index (χ1v) is 7.15. The largest absolute Gasteiger partial charge is 0.497 e. The van der Waals surface area contributed by atoms with Crippen LogP contribution < -0.4 is 15.2 Å². The summed E-state index contributed by atoms with van der Waals surface area (Å²) >= 11 is 0. The Morgan fingerprint density at radius 1 is 1.38 bits per heavy atom. The summed E-state index contributed by atoms with van der Waals surface area (Å²) in [5, 5.41) is 9.48. The summed E-state index contributed by atoms with van der Waals surface area (Å²) in [6.45, 7) is 0. The topological polar surface area (TPSA) is 68.3 Å². The van der Waals surface area contributed by atoms with Crippen molar-refractivity contribution in [3.8, 4) is 17.6 Å². The molecule has 2 N–H and O–H groups in total. The normalized spacial score (nSPS) is 24.0. The molecule has 2 atom stereocenters. The number of allylic oxidation sites excluding steroid dienone is 3. The van der Waals surface area contributed by atoms with Crippen LogP contribution >= 0.6 is 0 Å². The molecule has 1 aromatic rings. The Labute approximate surface area is 124 Å². The van der Waals surface area contributed by atoms with Crippen molar-refractivity contribution in [3.05, 3.63) is 47.4 Å². The van der Waals surface area contributed by atoms with Crippen molar-refractivity contribution in [3.63, 3.8) is 0 Å². The molecule has 0 bridgehead atoms. The van der Waals surface area contributed by atoms with Crippen LogP contribution in [0.5, 0.6) is 11.5 Å². The maximum Gasteiger partial charge on any atom is 0.205 e. The Balaban J connectivity index is 2.07. The van der Waals surface area contributed by atoms with E-state index in [0.29, 0.717) is 17.2 Å². The van der Waals surface area contributed by atoms with Crippen molar-refractivity contribution in [1.82, 2.24) is 0 Å². The van der Waals surface area contributed by atoms with Gasteiger partial charge in [-0.3, -0.25) is 0 Å². The molecule has 0 saturated heterocycles. The maximum absolute atomic E-state index is 9.48. The molecule has 1 aliphatic carbocycles. The predicted molar refractivity (Wildman–Crippen MR) is 79.7 cm³/mol. The van der Waals surface area contributed by atoms with Gasteiger partial charge in [0.1, 0.15) is 17.6 Å². The predicted octanol–water partition coefficient (Wildman–Crippen LogP) is 3.22. The van der Waals surface area contributed by atoms with Gasteiger partial charge in [0.2, 0.25) is 5.88 Å². The highest BCUT2D eigenvalue weighted by atomic mass is 16.5. The molecule has 4 heteroatoms. The molecule has 1 aromatic carbocycles. The summed E-state index contributed by atoms with van der Waals surface area (Å²) in [6.07, 6.45) is 7.47. The van der Waals surface area contributed by atoms with Crippen LogP contribution in [0.25, 0.3) is 0 Å². The fourth-order valence-electron chi connectivity index (χ4n) is 3.20. The van der Waals surface area contributed by atoms with E-state index in [2.05, 4.69) is 18.2 Å². The van der Waals surface area contributed by atoms with Gasteiger partial charge in [0.25, 0.3) is 0 Å². The van der Waals surface area contributed by atoms with E-state index in [9.17, 15) is 5.26 Å². The molecule has 1 heterocycles. The second kappa shape index (κ2) is 5.53. The highest BCUT2D eigenvalue weighted by molar-refractivity contribution is 5.52. The number of nitriles is 1. The maximum atomic E-state index is 9.48. The van der Waals surface area contributed by atoms with Gasteiger partial charge in [-0.05, 0) is 31.2 Å². The van der Waals surface area contributed by atoms with Crippen LogP contribution in [0.4, 0.5) is 0 Å². The van der Waals surface area contributed by atoms with E-state index in [4.69, 9.17) is 15.2 Å². The fraction of sp³-hybridized carbons (Fsp3) is 0.353. The number of nitrogens with zero attached hydrogens (tertiary/aromatic N) is 1. The Morgan fingerprint density at radius 2 is 2.24 bits per heavy atom. The van der Waals surface area contributed by atoms with Crippen molar-refractivity contribution in [2.45, 2.75) is 25.2 Å². The van der Waals surface area contributed by atoms with Crippen molar-refractivity contribution in [2.75, 3.05) is 7.11 Å². The molecule has 2 unspecified atom stereocenters. The number of hydrogen-bond donors (Lipinski definition) is 1. The Hall–Kier alpha value is -2.41. The van der Waals surface area contributed by atoms with Crippen LogP contribution in [-0.2, 0) is 0 Å². The molecule has 0 saturated carbocycles. The molecular formula is C17H18N2O2. The van der Waals surface area contributed by atoms with Gasteiger partial charge >= 0.3 is 0 Å². The molecule has 21 heavy (non-hydrogen) atoms. The number of nitrogens with two attached hydrogens (primary N) is 1. The van der Waals surface area contributed by atoms with Crippen LogP contribution in [0.1, 0.15) is 30.7 Å². The quantitative estimate of drug-likeness (QED) is 0.846. The Morgan fingerprint density at radius 3 is 2.90 bits per heavy atom. The highest BCUT2D eigenvalue weighted by Gasteiger charge is 2.35. The molecule has 1 aliphatic heterocycles. The SMILES string of the molecule is COc1ccc2c(c1)OC(N)=C(C#N)C2C1CC=CCC1. The van der Waals surface area contributed by atoms with Gasteiger partial charge < -0.3 is 15.2 Å². The van der Waals surface area contributed by atoms with Gasteiger partial charge in [-0.2, -0.15) is 5.26 Å². The van der Waals surface area contributed by atoms with E-state index >= 15 is 0 Å². The summed E-state index contributed by atoms with van der Waals surface area (Å²) in [5.74, 6) is 2.04. The average molecular weight is 282 g/mol. The van der Waals surface area contributed by atoms with E-state index in [1.165, 1.54) is 0 Å². The monoisotopic (exact) mass is 282 g/mol. The fourth-order valence-corrected chi connectivity index (χ4v) is 3.20. The van der Waals surface area contributed by atoms with Crippen molar-refractivity contribution in [1.29, 1.82) is 5.26 Å². The lowest BCUT2D eigenvalue weighted by atomic mass is 9.74. The Kier molecular flexibility index (Phi) is 3.57. The van der Waals surface area contributed by atoms with E-state index in [0.717, 1.165) is 30.6 Å². The summed E-state index contributed by atoms with van der Waals surface area (Å²) in [6, 6.07) is 7.97. The molecule has 0 fully saturated rings. The zero-order valence-corrected chi connectivity index (χ0v) is 12.0. The number of methoxy groups -OCH3 is 1. The minimum absolute atomic E-state index is 0.00889.